The van der Waals surface area contributed by atoms with E-state index >= 15 is 0 Å². The standard InChI is InChI=1S/C14H14F2N2O2/c1-14(2,3)18-7-10(13(19)20)12(17-18)9-5-4-8(15)6-11(9)16/h4-7H,1-3H3,(H,19,20). The van der Waals surface area contributed by atoms with Crippen LogP contribution >= 0.6 is 0 Å². The van der Waals surface area contributed by atoms with Crippen LogP contribution in [0.25, 0.3) is 11.3 Å². The Morgan fingerprint density at radius 2 is 1.95 bits per heavy atom. The summed E-state index contributed by atoms with van der Waals surface area (Å²) in [6, 6.07) is 2.96. The van der Waals surface area contributed by atoms with Crippen molar-refractivity contribution in [3.8, 4) is 11.3 Å². The van der Waals surface area contributed by atoms with Crippen LogP contribution < -0.4 is 0 Å². The van der Waals surface area contributed by atoms with Gasteiger partial charge < -0.3 is 5.11 Å². The van der Waals surface area contributed by atoms with Gasteiger partial charge in [0.2, 0.25) is 0 Å². The molecule has 1 heterocycles. The van der Waals surface area contributed by atoms with E-state index in [1.54, 1.807) is 0 Å². The Balaban J connectivity index is 2.66. The molecule has 0 aliphatic rings. The van der Waals surface area contributed by atoms with Crippen LogP contribution in [0.1, 0.15) is 31.1 Å². The minimum absolute atomic E-state index is 0.00933. The topological polar surface area (TPSA) is 55.1 Å². The number of rotatable bonds is 2. The van der Waals surface area contributed by atoms with Crippen LogP contribution in [0.4, 0.5) is 8.78 Å². The Morgan fingerprint density at radius 3 is 2.45 bits per heavy atom. The average molecular weight is 280 g/mol. The van der Waals surface area contributed by atoms with Crippen molar-refractivity contribution in [3.05, 3.63) is 41.6 Å². The molecular weight excluding hydrogens is 266 g/mol. The highest BCUT2D eigenvalue weighted by atomic mass is 19.1. The summed E-state index contributed by atoms with van der Waals surface area (Å²) >= 11 is 0. The number of hydrogen-bond donors (Lipinski definition) is 1. The Hall–Kier alpha value is -2.24. The second-order valence-electron chi connectivity index (χ2n) is 5.44. The summed E-state index contributed by atoms with van der Waals surface area (Å²) in [7, 11) is 0. The molecule has 0 bridgehead atoms. The van der Waals surface area contributed by atoms with Crippen LogP contribution in [0.2, 0.25) is 0 Å². The monoisotopic (exact) mass is 280 g/mol. The molecule has 0 radical (unpaired) electrons. The van der Waals surface area contributed by atoms with Gasteiger partial charge >= 0.3 is 5.97 Å². The lowest BCUT2D eigenvalue weighted by Crippen LogP contribution is -2.22. The van der Waals surface area contributed by atoms with E-state index in [0.29, 0.717) is 6.07 Å². The molecule has 0 saturated carbocycles. The lowest BCUT2D eigenvalue weighted by Gasteiger charge is -2.18. The zero-order valence-electron chi connectivity index (χ0n) is 11.3. The van der Waals surface area contributed by atoms with Crippen molar-refractivity contribution in [2.75, 3.05) is 0 Å². The molecule has 0 aliphatic heterocycles. The van der Waals surface area contributed by atoms with E-state index in [2.05, 4.69) is 5.10 Å². The molecule has 0 unspecified atom stereocenters. The third-order valence-electron chi connectivity index (χ3n) is 2.82. The van der Waals surface area contributed by atoms with E-state index in [-0.39, 0.29) is 16.8 Å². The molecule has 106 valence electrons. The van der Waals surface area contributed by atoms with Crippen molar-refractivity contribution in [3.63, 3.8) is 0 Å². The SMILES string of the molecule is CC(C)(C)n1cc(C(=O)O)c(-c2ccc(F)cc2F)n1. The minimum Gasteiger partial charge on any atom is -0.478 e. The average Bonchev–Trinajstić information content (AvgIpc) is 2.73. The maximum atomic E-state index is 13.8. The fourth-order valence-electron chi connectivity index (χ4n) is 1.75. The first-order valence-electron chi connectivity index (χ1n) is 5.99. The van der Waals surface area contributed by atoms with E-state index in [0.717, 1.165) is 6.07 Å². The molecule has 1 aromatic carbocycles. The van der Waals surface area contributed by atoms with Gasteiger partial charge in [-0.1, -0.05) is 0 Å². The summed E-state index contributed by atoms with van der Waals surface area (Å²) < 4.78 is 28.2. The van der Waals surface area contributed by atoms with Crippen LogP contribution in [0.3, 0.4) is 0 Å². The predicted octanol–water partition coefficient (Wildman–Crippen LogP) is 3.28. The summed E-state index contributed by atoms with van der Waals surface area (Å²) in [5.74, 6) is -2.77. The van der Waals surface area contributed by atoms with Gasteiger partial charge in [0.1, 0.15) is 22.9 Å². The minimum atomic E-state index is -1.21. The normalized spacial score (nSPS) is 11.7. The molecule has 1 aromatic heterocycles. The van der Waals surface area contributed by atoms with E-state index in [9.17, 15) is 18.7 Å². The molecule has 2 aromatic rings. The highest BCUT2D eigenvalue weighted by molar-refractivity contribution is 5.94. The number of hydrogen-bond acceptors (Lipinski definition) is 2. The lowest BCUT2D eigenvalue weighted by atomic mass is 10.1. The molecule has 0 saturated heterocycles. The van der Waals surface area contributed by atoms with Gasteiger partial charge in [0.25, 0.3) is 0 Å². The molecule has 0 fully saturated rings. The predicted molar refractivity (Wildman–Crippen MR) is 69.5 cm³/mol. The Bertz CT molecular complexity index is 672. The molecule has 4 nitrogen and oxygen atoms in total. The largest absolute Gasteiger partial charge is 0.478 e. The molecule has 20 heavy (non-hydrogen) atoms. The maximum absolute atomic E-state index is 13.8. The lowest BCUT2D eigenvalue weighted by molar-refractivity contribution is 0.0697. The summed E-state index contributed by atoms with van der Waals surface area (Å²) in [4.78, 5) is 11.3. The number of carboxylic acids is 1. The van der Waals surface area contributed by atoms with Gasteiger partial charge in [-0.15, -0.1) is 0 Å². The Labute approximate surface area is 114 Å². The molecule has 0 spiro atoms. The van der Waals surface area contributed by atoms with Crippen LogP contribution in [0.5, 0.6) is 0 Å². The third-order valence-corrected chi connectivity index (χ3v) is 2.82. The number of benzene rings is 1. The van der Waals surface area contributed by atoms with E-state index < -0.39 is 23.1 Å². The van der Waals surface area contributed by atoms with Crippen molar-refractivity contribution >= 4 is 5.97 Å². The first-order chi connectivity index (χ1) is 9.20. The van der Waals surface area contributed by atoms with Crippen molar-refractivity contribution in [1.82, 2.24) is 9.78 Å². The van der Waals surface area contributed by atoms with Crippen molar-refractivity contribution in [2.45, 2.75) is 26.3 Å². The number of nitrogens with zero attached hydrogens (tertiary/aromatic N) is 2. The first kappa shape index (κ1) is 14.2. The smallest absolute Gasteiger partial charge is 0.339 e. The zero-order valence-corrected chi connectivity index (χ0v) is 11.3. The zero-order chi connectivity index (χ0) is 15.1. The summed E-state index contributed by atoms with van der Waals surface area (Å²) in [5, 5.41) is 13.3. The summed E-state index contributed by atoms with van der Waals surface area (Å²) in [6.45, 7) is 5.53. The molecule has 1 N–H and O–H groups in total. The van der Waals surface area contributed by atoms with Crippen LogP contribution in [-0.4, -0.2) is 20.9 Å². The van der Waals surface area contributed by atoms with Gasteiger partial charge in [0.05, 0.1) is 5.54 Å². The van der Waals surface area contributed by atoms with Gasteiger partial charge in [-0.3, -0.25) is 4.68 Å². The second-order valence-corrected chi connectivity index (χ2v) is 5.44. The quantitative estimate of drug-likeness (QED) is 0.918. The molecule has 0 aliphatic carbocycles. The maximum Gasteiger partial charge on any atom is 0.339 e. The second kappa shape index (κ2) is 4.70. The van der Waals surface area contributed by atoms with Gasteiger partial charge in [-0.25, -0.2) is 13.6 Å². The molecule has 0 amide bonds. The van der Waals surface area contributed by atoms with Gasteiger partial charge in [-0.2, -0.15) is 5.10 Å². The molecule has 6 heteroatoms. The van der Waals surface area contributed by atoms with Crippen LogP contribution in [0.15, 0.2) is 24.4 Å². The Kier molecular flexibility index (Phi) is 3.33. The highest BCUT2D eigenvalue weighted by Crippen LogP contribution is 2.27. The molecular formula is C14H14F2N2O2. The summed E-state index contributed by atoms with van der Waals surface area (Å²) in [6.07, 6.45) is 1.35. The van der Waals surface area contributed by atoms with E-state index in [4.69, 9.17) is 0 Å². The van der Waals surface area contributed by atoms with Crippen molar-refractivity contribution in [2.24, 2.45) is 0 Å². The molecule has 2 rings (SSSR count). The van der Waals surface area contributed by atoms with Crippen molar-refractivity contribution in [1.29, 1.82) is 0 Å². The third kappa shape index (κ3) is 2.54. The van der Waals surface area contributed by atoms with E-state index in [1.165, 1.54) is 16.9 Å². The summed E-state index contributed by atoms with van der Waals surface area (Å²) in [5.41, 5.74) is -0.610. The van der Waals surface area contributed by atoms with Crippen LogP contribution in [-0.2, 0) is 5.54 Å². The number of halogens is 2. The van der Waals surface area contributed by atoms with Gasteiger partial charge in [0, 0.05) is 17.8 Å². The van der Waals surface area contributed by atoms with Gasteiger partial charge in [-0.05, 0) is 32.9 Å². The number of carbonyl (C=O) groups is 1. The van der Waals surface area contributed by atoms with Gasteiger partial charge in [0.15, 0.2) is 0 Å². The molecule has 0 atom stereocenters. The highest BCUT2D eigenvalue weighted by Gasteiger charge is 2.24. The number of carboxylic acid groups (broad SMARTS) is 1. The number of aromatic nitrogens is 2. The van der Waals surface area contributed by atoms with Crippen molar-refractivity contribution < 1.29 is 18.7 Å². The Morgan fingerprint density at radius 1 is 1.30 bits per heavy atom. The number of aromatic carboxylic acids is 1. The fraction of sp³-hybridized carbons (Fsp3) is 0.286. The fourth-order valence-corrected chi connectivity index (χ4v) is 1.75. The van der Waals surface area contributed by atoms with E-state index in [1.807, 2.05) is 20.8 Å². The first-order valence-corrected chi connectivity index (χ1v) is 5.99. The van der Waals surface area contributed by atoms with Crippen LogP contribution in [0, 0.1) is 11.6 Å².